The largest absolute Gasteiger partial charge is 0.453 e. The zero-order valence-electron chi connectivity index (χ0n) is 47.6. The Morgan fingerprint density at radius 2 is 1.26 bits per heavy atom. The second-order valence-electron chi connectivity index (χ2n) is 26.5. The maximum Gasteiger partial charge on any atom is 0.397 e. The molecule has 1 spiro atoms. The molecule has 4 aliphatic carbocycles. The molecule has 0 amide bonds. The van der Waals surface area contributed by atoms with E-state index in [0.717, 1.165) is 5.57 Å². The Hall–Kier alpha value is -1.76. The molecule has 9 fully saturated rings. The Morgan fingerprint density at radius 3 is 1.85 bits per heavy atom. The fourth-order valence-corrected chi connectivity index (χ4v) is 17.5. The van der Waals surface area contributed by atoms with Crippen molar-refractivity contribution in [3.05, 3.63) is 11.6 Å². The summed E-state index contributed by atoms with van der Waals surface area (Å²) >= 11 is 0. The lowest BCUT2D eigenvalue weighted by Gasteiger charge is -2.64. The van der Waals surface area contributed by atoms with Gasteiger partial charge in [-0.1, -0.05) is 39.3 Å². The highest BCUT2D eigenvalue weighted by Gasteiger charge is 2.87. The second-order valence-corrected chi connectivity index (χ2v) is 27.5. The summed E-state index contributed by atoms with van der Waals surface area (Å²) in [5.74, 6) is -0.972. The fraction of sp³-hybridized carbons (Fsp3) is 0.944. The van der Waals surface area contributed by atoms with Crippen molar-refractivity contribution in [3.63, 3.8) is 0 Å². The number of allylic oxidation sites excluding steroid dienone is 1. The van der Waals surface area contributed by atoms with Gasteiger partial charge in [-0.05, 0) is 107 Å². The summed E-state index contributed by atoms with van der Waals surface area (Å²) in [5, 5.41) is 125. The number of hydrogen-bond acceptors (Lipinski definition) is 26. The van der Waals surface area contributed by atoms with Gasteiger partial charge in [-0.2, -0.15) is 8.42 Å². The zero-order valence-corrected chi connectivity index (χ0v) is 48.4. The van der Waals surface area contributed by atoms with E-state index in [0.29, 0.717) is 44.9 Å². The normalized spacial score (nSPS) is 53.6. The Balaban J connectivity index is 0.852. The van der Waals surface area contributed by atoms with E-state index >= 15 is 0 Å². The van der Waals surface area contributed by atoms with Gasteiger partial charge in [-0.3, -0.25) is 9.35 Å². The molecule has 12 N–H and O–H groups in total. The number of methoxy groups -OCH3 is 1. The number of cyclic esters (lactones) is 1. The van der Waals surface area contributed by atoms with Gasteiger partial charge < -0.3 is 108 Å². The van der Waals surface area contributed by atoms with E-state index in [1.807, 2.05) is 34.6 Å². The van der Waals surface area contributed by atoms with Crippen molar-refractivity contribution in [2.45, 2.75) is 259 Å². The van der Waals surface area contributed by atoms with Gasteiger partial charge in [0.25, 0.3) is 0 Å². The molecule has 0 radical (unpaired) electrons. The van der Waals surface area contributed by atoms with Gasteiger partial charge in [0.1, 0.15) is 103 Å². The average molecular weight is 1200 g/mol. The van der Waals surface area contributed by atoms with Crippen LogP contribution in [0.2, 0.25) is 0 Å². The molecule has 0 aromatic rings. The summed E-state index contributed by atoms with van der Waals surface area (Å²) in [6, 6.07) is 0. The molecule has 0 aromatic heterocycles. The molecule has 10 rings (SSSR count). The lowest BCUT2D eigenvalue weighted by atomic mass is 9.40. The molecule has 27 nitrogen and oxygen atoms in total. The monoisotopic (exact) mass is 1200 g/mol. The van der Waals surface area contributed by atoms with Gasteiger partial charge >= 0.3 is 16.4 Å². The van der Waals surface area contributed by atoms with E-state index in [1.165, 1.54) is 14.0 Å². The molecule has 6 heterocycles. The van der Waals surface area contributed by atoms with Gasteiger partial charge in [0.15, 0.2) is 30.8 Å². The number of esters is 1. The number of hydrogen-bond donors (Lipinski definition) is 12. The molecule has 470 valence electrons. The standard InChI is InChI=1S/C54H86O27S/c1-22-39(76-45-38(64)41(33(59)26(20-56)74-45)77-44-37(63)40(70-9)32(58)25(19-55)73-44)35(61)36(62)43(72-22)78-42-34(60)27(81-82(67,68)69)21-71-46(42)75-30-13-15-50(6)24-18-29(57)54-47(65)80-52(8,31-12-14-48(2,3)79-31)53(54,66)17-16-51(54,7)23(24)10-11-28(50)49(30,4)5/h18,22-23,25-46,55-64,66H,10-17,19-21H2,1-9H3,(H,67,68,69)/t22-,23-,25-,26-,27-,28+,29-,30+,31+,32-,33-,34+,35-,36-,37-,38-,39-,40+,41+,42-,43+,44+,45+,46+,50-,51+,52+,53+,54-/m1/s1. The number of carbonyl (C=O) groups is 1. The summed E-state index contributed by atoms with van der Waals surface area (Å²) in [6.45, 7) is 13.1. The Morgan fingerprint density at radius 1 is 0.659 bits per heavy atom. The third kappa shape index (κ3) is 9.71. The third-order valence-electron chi connectivity index (χ3n) is 21.4. The average Bonchev–Trinajstić information content (AvgIpc) is 1.46. The van der Waals surface area contributed by atoms with Crippen molar-refractivity contribution >= 4 is 16.4 Å². The molecule has 0 aromatic carbocycles. The van der Waals surface area contributed by atoms with Gasteiger partial charge in [0, 0.05) is 7.11 Å². The number of aliphatic hydroxyl groups is 11. The minimum absolute atomic E-state index is 0.131. The van der Waals surface area contributed by atoms with Crippen molar-refractivity contribution in [2.75, 3.05) is 26.9 Å². The molecule has 6 saturated heterocycles. The van der Waals surface area contributed by atoms with Crippen molar-refractivity contribution in [1.29, 1.82) is 0 Å². The molecular formula is C54H86O27S. The van der Waals surface area contributed by atoms with Crippen molar-refractivity contribution < 1.29 is 130 Å². The van der Waals surface area contributed by atoms with E-state index in [1.54, 1.807) is 13.0 Å². The highest BCUT2D eigenvalue weighted by atomic mass is 32.3. The molecule has 0 unspecified atom stereocenters. The summed E-state index contributed by atoms with van der Waals surface area (Å²) in [5.41, 5.74) is -6.49. The number of ether oxygens (including phenoxy) is 11. The van der Waals surface area contributed by atoms with E-state index in [2.05, 4.69) is 6.92 Å². The summed E-state index contributed by atoms with van der Waals surface area (Å²) in [4.78, 5) is 14.7. The molecular weight excluding hydrogens is 1110 g/mol. The minimum Gasteiger partial charge on any atom is -0.453 e. The summed E-state index contributed by atoms with van der Waals surface area (Å²) in [6.07, 6.45) is -29.1. The van der Waals surface area contributed by atoms with E-state index in [-0.39, 0.29) is 18.3 Å². The second kappa shape index (κ2) is 22.1. The van der Waals surface area contributed by atoms with Crippen LogP contribution in [-0.4, -0.2) is 254 Å². The van der Waals surface area contributed by atoms with Crippen molar-refractivity contribution in [3.8, 4) is 0 Å². The summed E-state index contributed by atoms with van der Waals surface area (Å²) < 4.78 is 104. The van der Waals surface area contributed by atoms with Gasteiger partial charge in [0.2, 0.25) is 0 Å². The van der Waals surface area contributed by atoms with Crippen LogP contribution in [0.5, 0.6) is 0 Å². The first-order valence-electron chi connectivity index (χ1n) is 28.6. The zero-order chi connectivity index (χ0) is 60.0. The number of carbonyl (C=O) groups excluding carboxylic acids is 1. The Kier molecular flexibility index (Phi) is 17.0. The summed E-state index contributed by atoms with van der Waals surface area (Å²) in [7, 11) is -4.02. The van der Waals surface area contributed by atoms with Crippen LogP contribution < -0.4 is 0 Å². The van der Waals surface area contributed by atoms with E-state index < -0.39 is 210 Å². The van der Waals surface area contributed by atoms with E-state index in [9.17, 15) is 73.9 Å². The van der Waals surface area contributed by atoms with Crippen LogP contribution >= 0.6 is 0 Å². The van der Waals surface area contributed by atoms with Gasteiger partial charge in [-0.15, -0.1) is 0 Å². The molecule has 6 aliphatic heterocycles. The van der Waals surface area contributed by atoms with Crippen LogP contribution in [-0.2, 0) is 71.5 Å². The van der Waals surface area contributed by atoms with Crippen LogP contribution in [0.15, 0.2) is 11.6 Å². The first kappa shape index (κ1) is 63.3. The van der Waals surface area contributed by atoms with Crippen molar-refractivity contribution in [2.24, 2.45) is 33.5 Å². The third-order valence-corrected chi connectivity index (χ3v) is 21.9. The lowest BCUT2D eigenvalue weighted by molar-refractivity contribution is -0.389. The number of aliphatic hydroxyl groups excluding tert-OH is 10. The highest BCUT2D eigenvalue weighted by molar-refractivity contribution is 7.80. The molecule has 29 atom stereocenters. The quantitative estimate of drug-likeness (QED) is 0.0378. The Labute approximate surface area is 475 Å². The number of fused-ring (bicyclic) bond motifs is 4. The first-order chi connectivity index (χ1) is 38.2. The molecule has 28 heteroatoms. The minimum atomic E-state index is -5.19. The fourth-order valence-electron chi connectivity index (χ4n) is 17.0. The van der Waals surface area contributed by atoms with Crippen LogP contribution in [0.1, 0.15) is 107 Å². The van der Waals surface area contributed by atoms with E-state index in [4.69, 9.17) is 56.3 Å². The molecule has 0 bridgehead atoms. The SMILES string of the molecule is CO[C@@H]1[C@@H](O)[C@H](O[C@@H]2[C@@H](O)[C@H](O[C@H]3[C@H](O)[C@@H](O)[C@H](O[C@H]4[C@H](O[C@H]5CC[C@]6(C)C7=C[C@@H](O)[C@]89C(=O)O[C@@](C)([C@@H]%10CCC(C)(C)O%10)[C@@]8(O)CC[C@@]9(C)[C@@H]7CC[C@H]6C5(C)C)OC[C@@H](OS(=O)(=O)O)[C@@H]4O)O[C@@H]3C)O[C@H](CO)[C@H]2O)O[C@H](CO)[C@H]1O. The smallest absolute Gasteiger partial charge is 0.397 e. The van der Waals surface area contributed by atoms with Crippen LogP contribution in [0.4, 0.5) is 0 Å². The van der Waals surface area contributed by atoms with Crippen LogP contribution in [0.3, 0.4) is 0 Å². The number of rotatable bonds is 14. The van der Waals surface area contributed by atoms with Crippen LogP contribution in [0, 0.1) is 33.5 Å². The van der Waals surface area contributed by atoms with Gasteiger partial charge in [-0.25, -0.2) is 4.18 Å². The predicted molar refractivity (Wildman–Crippen MR) is 273 cm³/mol. The maximum absolute atomic E-state index is 14.7. The molecule has 10 aliphatic rings. The Bertz CT molecular complexity index is 2490. The molecule has 3 saturated carbocycles. The predicted octanol–water partition coefficient (Wildman–Crippen LogP) is -2.26. The lowest BCUT2D eigenvalue weighted by Crippen LogP contribution is -2.69. The van der Waals surface area contributed by atoms with Gasteiger partial charge in [0.05, 0.1) is 43.7 Å². The topological polar surface area (TPSA) is 405 Å². The highest BCUT2D eigenvalue weighted by Crippen LogP contribution is 2.77. The first-order valence-corrected chi connectivity index (χ1v) is 30.0. The maximum atomic E-state index is 14.7. The van der Waals surface area contributed by atoms with Crippen molar-refractivity contribution in [1.82, 2.24) is 0 Å². The van der Waals surface area contributed by atoms with Crippen LogP contribution in [0.25, 0.3) is 0 Å². The molecule has 82 heavy (non-hydrogen) atoms.